The molecule has 5 heteroatoms. The Balaban J connectivity index is 2.21. The van der Waals surface area contributed by atoms with Gasteiger partial charge in [0.05, 0.1) is 6.04 Å². The van der Waals surface area contributed by atoms with Gasteiger partial charge in [0.25, 0.3) is 0 Å². The van der Waals surface area contributed by atoms with E-state index in [1.165, 1.54) is 0 Å². The predicted octanol–water partition coefficient (Wildman–Crippen LogP) is 1.86. The molecule has 0 saturated carbocycles. The summed E-state index contributed by atoms with van der Waals surface area (Å²) in [6.07, 6.45) is 0. The van der Waals surface area contributed by atoms with Crippen LogP contribution < -0.4 is 5.32 Å². The van der Waals surface area contributed by atoms with Crippen molar-refractivity contribution in [2.75, 3.05) is 6.54 Å². The van der Waals surface area contributed by atoms with Crippen molar-refractivity contribution in [3.8, 4) is 0 Å². The van der Waals surface area contributed by atoms with Crippen molar-refractivity contribution < 1.29 is 9.59 Å². The summed E-state index contributed by atoms with van der Waals surface area (Å²) in [5.41, 5.74) is 1.02. The lowest BCUT2D eigenvalue weighted by molar-refractivity contribution is -0.145. The first-order chi connectivity index (χ1) is 8.49. The van der Waals surface area contributed by atoms with Crippen LogP contribution in [0.5, 0.6) is 0 Å². The van der Waals surface area contributed by atoms with Gasteiger partial charge in [0.15, 0.2) is 0 Å². The molecule has 0 aromatic heterocycles. The minimum atomic E-state index is -0.441. The Morgan fingerprint density at radius 3 is 2.56 bits per heavy atom. The SMILES string of the molecule is CC1NC(=O)CN(C(C)c2ccc(Br)cc2)C1=O. The second-order valence-electron chi connectivity index (χ2n) is 4.48. The number of carbonyl (C=O) groups is 2. The molecule has 2 amide bonds. The van der Waals surface area contributed by atoms with E-state index < -0.39 is 6.04 Å². The topological polar surface area (TPSA) is 49.4 Å². The Morgan fingerprint density at radius 2 is 1.94 bits per heavy atom. The Labute approximate surface area is 114 Å². The van der Waals surface area contributed by atoms with Gasteiger partial charge >= 0.3 is 0 Å². The van der Waals surface area contributed by atoms with Crippen LogP contribution in [-0.2, 0) is 9.59 Å². The monoisotopic (exact) mass is 310 g/mol. The van der Waals surface area contributed by atoms with Gasteiger partial charge in [-0.15, -0.1) is 0 Å². The van der Waals surface area contributed by atoms with Gasteiger partial charge in [0.1, 0.15) is 12.6 Å². The molecule has 1 fully saturated rings. The van der Waals surface area contributed by atoms with Gasteiger partial charge in [-0.2, -0.15) is 0 Å². The molecule has 18 heavy (non-hydrogen) atoms. The minimum absolute atomic E-state index is 0.0370. The fraction of sp³-hybridized carbons (Fsp3) is 0.385. The summed E-state index contributed by atoms with van der Waals surface area (Å²) in [5.74, 6) is -0.143. The maximum absolute atomic E-state index is 12.1. The fourth-order valence-electron chi connectivity index (χ4n) is 2.08. The van der Waals surface area contributed by atoms with Gasteiger partial charge in [-0.05, 0) is 31.5 Å². The molecular formula is C13H15BrN2O2. The highest BCUT2D eigenvalue weighted by molar-refractivity contribution is 9.10. The van der Waals surface area contributed by atoms with E-state index in [0.717, 1.165) is 10.0 Å². The lowest BCUT2D eigenvalue weighted by Gasteiger charge is -2.35. The molecule has 2 unspecified atom stereocenters. The number of nitrogens with zero attached hydrogens (tertiary/aromatic N) is 1. The lowest BCUT2D eigenvalue weighted by Crippen LogP contribution is -2.57. The van der Waals surface area contributed by atoms with Gasteiger partial charge in [0, 0.05) is 4.47 Å². The normalized spacial score (nSPS) is 21.7. The summed E-state index contributed by atoms with van der Waals surface area (Å²) in [5, 5.41) is 2.64. The lowest BCUT2D eigenvalue weighted by atomic mass is 10.0. The van der Waals surface area contributed by atoms with Gasteiger partial charge in [0.2, 0.25) is 11.8 Å². The highest BCUT2D eigenvalue weighted by atomic mass is 79.9. The van der Waals surface area contributed by atoms with Crippen molar-refractivity contribution >= 4 is 27.7 Å². The van der Waals surface area contributed by atoms with Crippen molar-refractivity contribution in [3.63, 3.8) is 0 Å². The molecule has 1 aliphatic heterocycles. The summed E-state index contributed by atoms with van der Waals surface area (Å²) >= 11 is 3.38. The number of amides is 2. The first kappa shape index (κ1) is 13.1. The number of hydrogen-bond acceptors (Lipinski definition) is 2. The van der Waals surface area contributed by atoms with Crippen molar-refractivity contribution in [2.45, 2.75) is 25.9 Å². The van der Waals surface area contributed by atoms with Crippen molar-refractivity contribution in [1.29, 1.82) is 0 Å². The van der Waals surface area contributed by atoms with E-state index in [4.69, 9.17) is 0 Å². The van der Waals surface area contributed by atoms with Crippen molar-refractivity contribution in [2.24, 2.45) is 0 Å². The van der Waals surface area contributed by atoms with E-state index in [1.54, 1.807) is 11.8 Å². The van der Waals surface area contributed by atoms with Gasteiger partial charge < -0.3 is 10.2 Å². The maximum Gasteiger partial charge on any atom is 0.245 e. The number of benzene rings is 1. The van der Waals surface area contributed by atoms with Crippen LogP contribution in [-0.4, -0.2) is 29.3 Å². The average molecular weight is 311 g/mol. The summed E-state index contributed by atoms with van der Waals surface area (Å²) in [4.78, 5) is 25.2. The summed E-state index contributed by atoms with van der Waals surface area (Å²) < 4.78 is 0.995. The van der Waals surface area contributed by atoms with E-state index in [0.29, 0.717) is 0 Å². The molecule has 0 bridgehead atoms. The second kappa shape index (κ2) is 5.10. The quantitative estimate of drug-likeness (QED) is 0.906. The van der Waals surface area contributed by atoms with Crippen molar-refractivity contribution in [3.05, 3.63) is 34.3 Å². The number of rotatable bonds is 2. The summed E-state index contributed by atoms with van der Waals surface area (Å²) in [6.45, 7) is 3.77. The molecule has 0 aliphatic carbocycles. The van der Waals surface area contributed by atoms with Crippen LogP contribution in [0.1, 0.15) is 25.5 Å². The third-order valence-corrected chi connectivity index (χ3v) is 3.69. The van der Waals surface area contributed by atoms with Crippen LogP contribution in [0.2, 0.25) is 0 Å². The van der Waals surface area contributed by atoms with Crippen LogP contribution in [0.4, 0.5) is 0 Å². The molecule has 1 aromatic rings. The largest absolute Gasteiger partial charge is 0.343 e. The van der Waals surface area contributed by atoms with E-state index in [1.807, 2.05) is 31.2 Å². The van der Waals surface area contributed by atoms with Crippen LogP contribution in [0.25, 0.3) is 0 Å². The zero-order valence-corrected chi connectivity index (χ0v) is 11.9. The molecule has 1 saturated heterocycles. The van der Waals surface area contributed by atoms with E-state index in [-0.39, 0.29) is 24.4 Å². The number of piperazine rings is 1. The zero-order valence-electron chi connectivity index (χ0n) is 10.3. The number of carbonyl (C=O) groups excluding carboxylic acids is 2. The minimum Gasteiger partial charge on any atom is -0.343 e. The van der Waals surface area contributed by atoms with Crippen LogP contribution in [0.15, 0.2) is 28.7 Å². The average Bonchev–Trinajstić information content (AvgIpc) is 2.34. The third kappa shape index (κ3) is 2.56. The smallest absolute Gasteiger partial charge is 0.245 e. The van der Waals surface area contributed by atoms with Gasteiger partial charge in [-0.3, -0.25) is 9.59 Å². The molecule has 0 radical (unpaired) electrons. The Hall–Kier alpha value is -1.36. The molecule has 1 N–H and O–H groups in total. The summed E-state index contributed by atoms with van der Waals surface area (Å²) in [7, 11) is 0. The molecule has 4 nitrogen and oxygen atoms in total. The third-order valence-electron chi connectivity index (χ3n) is 3.16. The van der Waals surface area contributed by atoms with Gasteiger partial charge in [-0.1, -0.05) is 28.1 Å². The highest BCUT2D eigenvalue weighted by Crippen LogP contribution is 2.23. The molecule has 0 spiro atoms. The highest BCUT2D eigenvalue weighted by Gasteiger charge is 2.32. The van der Waals surface area contributed by atoms with Crippen LogP contribution >= 0.6 is 15.9 Å². The standard InChI is InChI=1S/C13H15BrN2O2/c1-8-13(18)16(7-12(17)15-8)9(2)10-3-5-11(14)6-4-10/h3-6,8-9H,7H2,1-2H3,(H,15,17). The maximum atomic E-state index is 12.1. The predicted molar refractivity (Wildman–Crippen MR) is 71.9 cm³/mol. The van der Waals surface area contributed by atoms with E-state index in [9.17, 15) is 9.59 Å². The molecule has 96 valence electrons. The molecular weight excluding hydrogens is 296 g/mol. The number of nitrogens with one attached hydrogen (secondary N) is 1. The van der Waals surface area contributed by atoms with Gasteiger partial charge in [-0.25, -0.2) is 0 Å². The second-order valence-corrected chi connectivity index (χ2v) is 5.40. The molecule has 1 aliphatic rings. The number of halogens is 1. The zero-order chi connectivity index (χ0) is 13.3. The van der Waals surface area contributed by atoms with Crippen molar-refractivity contribution in [1.82, 2.24) is 10.2 Å². The Kier molecular flexibility index (Phi) is 3.71. The first-order valence-corrected chi connectivity index (χ1v) is 6.63. The van der Waals surface area contributed by atoms with Crippen LogP contribution in [0.3, 0.4) is 0 Å². The molecule has 1 heterocycles. The Morgan fingerprint density at radius 1 is 1.33 bits per heavy atom. The molecule has 1 aromatic carbocycles. The Bertz CT molecular complexity index is 472. The number of hydrogen-bond donors (Lipinski definition) is 1. The molecule has 2 atom stereocenters. The molecule has 2 rings (SSSR count). The fourth-order valence-corrected chi connectivity index (χ4v) is 2.34. The van der Waals surface area contributed by atoms with Crippen LogP contribution in [0, 0.1) is 0 Å². The van der Waals surface area contributed by atoms with E-state index in [2.05, 4.69) is 21.2 Å². The van der Waals surface area contributed by atoms with E-state index >= 15 is 0 Å². The first-order valence-electron chi connectivity index (χ1n) is 5.84. The summed E-state index contributed by atoms with van der Waals surface area (Å²) in [6, 6.07) is 7.24.